The topological polar surface area (TPSA) is 501 Å². The van der Waals surface area contributed by atoms with Crippen molar-refractivity contribution in [2.75, 3.05) is 119 Å². The molecule has 0 saturated carbocycles. The van der Waals surface area contributed by atoms with Crippen molar-refractivity contribution in [2.24, 2.45) is 11.8 Å². The average molecular weight is 1130 g/mol. The number of aliphatic hydroxyl groups is 1. The largest absolute Gasteiger partial charge is 0.472 e. The molecule has 0 aliphatic heterocycles. The molecule has 0 radical (unpaired) electrons. The summed E-state index contributed by atoms with van der Waals surface area (Å²) in [5, 5.41) is 8.99. The van der Waals surface area contributed by atoms with E-state index in [1.807, 2.05) is 0 Å². The van der Waals surface area contributed by atoms with Gasteiger partial charge in [0.25, 0.3) is 0 Å². The van der Waals surface area contributed by atoms with Crippen LogP contribution in [0, 0.1) is 11.8 Å². The first kappa shape index (κ1) is 65.6. The highest BCUT2D eigenvalue weighted by atomic mass is 31.2. The van der Waals surface area contributed by atoms with Crippen LogP contribution in [0.3, 0.4) is 0 Å². The molecule has 0 bridgehead atoms. The van der Waals surface area contributed by atoms with E-state index >= 15 is 0 Å². The highest BCUT2D eigenvalue weighted by Gasteiger charge is 2.30. The Morgan fingerprint density at radius 2 is 0.508 bits per heavy atom. The lowest BCUT2D eigenvalue weighted by Gasteiger charge is -2.18. The Balaban J connectivity index is 4.27. The van der Waals surface area contributed by atoms with Crippen molar-refractivity contribution >= 4 is 62.6 Å². The Labute approximate surface area is 366 Å². The molecule has 9 atom stereocenters. The zero-order valence-electron chi connectivity index (χ0n) is 33.1. The molecule has 35 nitrogen and oxygen atoms in total. The number of rotatable bonds is 44. The summed E-state index contributed by atoms with van der Waals surface area (Å²) in [5.74, 6) is -2.08. The molecule has 45 heteroatoms. The Hall–Kier alpha value is 0.620. The number of phosphoric ester groups is 8. The van der Waals surface area contributed by atoms with Gasteiger partial charge in [0.15, 0.2) is 0 Å². The second-order valence-electron chi connectivity index (χ2n) is 11.2. The molecule has 0 amide bonds. The van der Waals surface area contributed by atoms with Gasteiger partial charge in [0, 0.05) is 31.5 Å². The molecule has 0 rings (SSSR count). The van der Waals surface area contributed by atoms with Crippen molar-refractivity contribution in [1.82, 2.24) is 11.1 Å². The standard InChI is InChI=1S/C20H50F2N2O33P8/c21-23-13-19(15-25)16-56-64(39,40)53-11-9-51-62(35,36)49-7-5-47-60(31,32)45-3-1-43-59(29,30)44-2-4-46-61(33,34)48-6-8-50-63(37,38)52-10-12-54-65(41,42)57-18-20(14-24-22)17-55-58(26,27)28/h19-20,23-25H,1-18H2,(H,29,30)(H,31,32)(H,33,34)(H,35,36)(H,37,38)(H,39,40)(H,41,42)(H2,26,27,28). The van der Waals surface area contributed by atoms with Crippen LogP contribution in [-0.2, 0) is 104 Å². The van der Waals surface area contributed by atoms with Crippen molar-refractivity contribution in [3.63, 3.8) is 0 Å². The molecule has 0 spiro atoms. The maximum Gasteiger partial charge on any atom is 0.472 e. The van der Waals surface area contributed by atoms with Crippen LogP contribution in [0.5, 0.6) is 0 Å². The molecule has 0 aliphatic carbocycles. The molecule has 9 unspecified atom stereocenters. The fourth-order valence-corrected chi connectivity index (χ4v) is 8.64. The zero-order valence-corrected chi connectivity index (χ0v) is 40.2. The lowest BCUT2D eigenvalue weighted by atomic mass is 10.2. The molecule has 0 aromatic heterocycles. The average Bonchev–Trinajstić information content (AvgIpc) is 3.18. The summed E-state index contributed by atoms with van der Waals surface area (Å²) in [6.45, 7) is -14.2. The lowest BCUT2D eigenvalue weighted by molar-refractivity contribution is 0.0700. The van der Waals surface area contributed by atoms with E-state index in [1.54, 1.807) is 0 Å². The van der Waals surface area contributed by atoms with Crippen LogP contribution < -0.4 is 11.1 Å². The van der Waals surface area contributed by atoms with Crippen LogP contribution in [0.1, 0.15) is 0 Å². The number of nitrogens with one attached hydrogen (secondary N) is 2. The molecular formula is C20H50F2N2O33P8. The molecular weight excluding hydrogens is 1080 g/mol. The second kappa shape index (κ2) is 32.6. The first-order valence-corrected chi connectivity index (χ1v) is 29.2. The van der Waals surface area contributed by atoms with E-state index in [-0.39, 0.29) is 0 Å². The zero-order chi connectivity index (χ0) is 49.9. The van der Waals surface area contributed by atoms with E-state index in [0.717, 1.165) is 5.54 Å². The van der Waals surface area contributed by atoms with Crippen molar-refractivity contribution in [3.05, 3.63) is 0 Å². The van der Waals surface area contributed by atoms with Crippen LogP contribution in [0.4, 0.5) is 8.96 Å². The molecule has 392 valence electrons. The Bertz CT molecular complexity index is 1730. The molecule has 0 aromatic rings. The summed E-state index contributed by atoms with van der Waals surface area (Å²) in [6.07, 6.45) is 0. The monoisotopic (exact) mass is 1130 g/mol. The van der Waals surface area contributed by atoms with Gasteiger partial charge in [-0.25, -0.2) is 36.5 Å². The summed E-state index contributed by atoms with van der Waals surface area (Å²) in [7, 11) is -39.2. The first-order chi connectivity index (χ1) is 29.9. The van der Waals surface area contributed by atoms with Crippen molar-refractivity contribution < 1.29 is 162 Å². The van der Waals surface area contributed by atoms with Gasteiger partial charge in [-0.3, -0.25) is 67.9 Å². The van der Waals surface area contributed by atoms with Gasteiger partial charge in [-0.2, -0.15) is 11.1 Å². The summed E-state index contributed by atoms with van der Waals surface area (Å²) >= 11 is 0. The molecule has 0 heterocycles. The molecule has 0 fully saturated rings. The van der Waals surface area contributed by atoms with Crippen LogP contribution in [0.15, 0.2) is 0 Å². The first-order valence-electron chi connectivity index (χ1n) is 17.2. The highest BCUT2D eigenvalue weighted by molar-refractivity contribution is 7.49. The van der Waals surface area contributed by atoms with E-state index in [4.69, 9.17) is 14.9 Å². The van der Waals surface area contributed by atoms with Crippen molar-refractivity contribution in [3.8, 4) is 0 Å². The predicted octanol–water partition coefficient (Wildman–Crippen LogP) is 0.204. The maximum absolute atomic E-state index is 12.4. The summed E-state index contributed by atoms with van der Waals surface area (Å²) in [5.41, 5.74) is 2.37. The second-order valence-corrected chi connectivity index (χ2v) is 22.7. The molecule has 0 saturated heterocycles. The Kier molecular flexibility index (Phi) is 32.9. The van der Waals surface area contributed by atoms with E-state index in [1.165, 1.54) is 5.54 Å². The SMILES string of the molecule is O=P(O)(O)OCC(CNF)COP(=O)(O)OCCOP(=O)(O)OCCOP(=O)(O)OCCOP(=O)(O)OCCOP(=O)(O)OCCOP(=O)(O)OCCOP(=O)(O)OCC(CO)CNF. The highest BCUT2D eigenvalue weighted by Crippen LogP contribution is 2.50. The quantitative estimate of drug-likeness (QED) is 0.0220. The van der Waals surface area contributed by atoms with Crippen LogP contribution in [0.2, 0.25) is 0 Å². The van der Waals surface area contributed by atoms with Gasteiger partial charge in [0.1, 0.15) is 0 Å². The van der Waals surface area contributed by atoms with Crippen LogP contribution in [0.25, 0.3) is 0 Å². The fourth-order valence-electron chi connectivity index (χ4n) is 3.25. The van der Waals surface area contributed by atoms with E-state index in [9.17, 15) is 79.7 Å². The summed E-state index contributed by atoms with van der Waals surface area (Å²) in [6, 6.07) is 0. The summed E-state index contributed by atoms with van der Waals surface area (Å²) in [4.78, 5) is 84.7. The third kappa shape index (κ3) is 39.0. The van der Waals surface area contributed by atoms with E-state index < -0.39 is 193 Å². The van der Waals surface area contributed by atoms with Crippen molar-refractivity contribution in [1.29, 1.82) is 0 Å². The minimum Gasteiger partial charge on any atom is -0.396 e. The van der Waals surface area contributed by atoms with E-state index in [0.29, 0.717) is 0 Å². The maximum atomic E-state index is 12.4. The normalized spacial score (nSPS) is 20.0. The summed E-state index contributed by atoms with van der Waals surface area (Å²) < 4.78 is 185. The number of hydrogen-bond acceptors (Lipinski definition) is 26. The number of phosphoric acid groups is 8. The smallest absolute Gasteiger partial charge is 0.396 e. The van der Waals surface area contributed by atoms with Crippen molar-refractivity contribution in [2.45, 2.75) is 0 Å². The van der Waals surface area contributed by atoms with E-state index in [2.05, 4.69) is 67.9 Å². The predicted molar refractivity (Wildman–Crippen MR) is 202 cm³/mol. The molecule has 12 N–H and O–H groups in total. The third-order valence-corrected chi connectivity index (χ3v) is 13.5. The van der Waals surface area contributed by atoms with Crippen LogP contribution >= 0.6 is 62.6 Å². The number of aliphatic hydroxyl groups excluding tert-OH is 1. The fraction of sp³-hybridized carbons (Fsp3) is 1.00. The molecule has 0 aliphatic rings. The Morgan fingerprint density at radius 3 is 0.708 bits per heavy atom. The van der Waals surface area contributed by atoms with Crippen LogP contribution in [-0.4, -0.2) is 168 Å². The lowest BCUT2D eigenvalue weighted by Crippen LogP contribution is -2.25. The van der Waals surface area contributed by atoms with Gasteiger partial charge in [0.05, 0.1) is 99.1 Å². The van der Waals surface area contributed by atoms with Gasteiger partial charge in [-0.05, 0) is 0 Å². The van der Waals surface area contributed by atoms with Gasteiger partial charge in [-0.1, -0.05) is 0 Å². The van der Waals surface area contributed by atoms with Gasteiger partial charge in [-0.15, -0.1) is 8.96 Å². The number of hydrogen-bond donors (Lipinski definition) is 12. The molecule has 0 aromatic carbocycles. The minimum atomic E-state index is -4.95. The van der Waals surface area contributed by atoms with Gasteiger partial charge in [0.2, 0.25) is 0 Å². The van der Waals surface area contributed by atoms with Gasteiger partial charge >= 0.3 is 62.6 Å². The van der Waals surface area contributed by atoms with Gasteiger partial charge < -0.3 is 49.1 Å². The minimum absolute atomic E-state index is 0.402. The Morgan fingerprint density at radius 1 is 0.323 bits per heavy atom. The molecule has 65 heavy (non-hydrogen) atoms. The third-order valence-electron chi connectivity index (χ3n) is 5.97. The number of halogens is 2.